The van der Waals surface area contributed by atoms with Gasteiger partial charge in [0.1, 0.15) is 0 Å². The Bertz CT molecular complexity index is 334. The third-order valence-corrected chi connectivity index (χ3v) is 3.20. The predicted molar refractivity (Wildman–Crippen MR) is 72.6 cm³/mol. The third kappa shape index (κ3) is 4.66. The molecule has 0 saturated heterocycles. The van der Waals surface area contributed by atoms with Gasteiger partial charge in [0.05, 0.1) is 0 Å². The molecule has 1 amide bonds. The van der Waals surface area contributed by atoms with Gasteiger partial charge in [-0.1, -0.05) is 47.8 Å². The zero-order chi connectivity index (χ0) is 11.3. The number of hydrogen-bond acceptors (Lipinski definition) is 1. The fraction of sp³-hybridized carbons (Fsp3) is 0.300. The summed E-state index contributed by atoms with van der Waals surface area (Å²) in [5.41, 5.74) is 0.658. The van der Waals surface area contributed by atoms with Crippen LogP contribution in [0.25, 0.3) is 0 Å². The molecular formula is C10H10Br3NO. The molecule has 0 heterocycles. The van der Waals surface area contributed by atoms with E-state index in [9.17, 15) is 4.79 Å². The second-order valence-corrected chi connectivity index (χ2v) is 5.58. The van der Waals surface area contributed by atoms with E-state index in [0.717, 1.165) is 20.7 Å². The Morgan fingerprint density at radius 2 is 1.80 bits per heavy atom. The minimum Gasteiger partial charge on any atom is -0.352 e. The van der Waals surface area contributed by atoms with Gasteiger partial charge in [0.2, 0.25) is 0 Å². The predicted octanol–water partition coefficient (Wildman–Crippen LogP) is 3.73. The van der Waals surface area contributed by atoms with Gasteiger partial charge in [-0.3, -0.25) is 4.79 Å². The van der Waals surface area contributed by atoms with Crippen LogP contribution in [0.5, 0.6) is 0 Å². The van der Waals surface area contributed by atoms with Crippen molar-refractivity contribution in [2.24, 2.45) is 0 Å². The molecule has 5 heteroatoms. The molecule has 1 rings (SSSR count). The first-order valence-corrected chi connectivity index (χ1v) is 7.14. The molecule has 0 bridgehead atoms. The minimum atomic E-state index is -0.0436. The molecular weight excluding hydrogens is 390 g/mol. The number of carbonyl (C=O) groups excluding carboxylic acids is 1. The van der Waals surface area contributed by atoms with Crippen molar-refractivity contribution in [1.29, 1.82) is 0 Å². The van der Waals surface area contributed by atoms with Gasteiger partial charge in [-0.15, -0.1) is 0 Å². The number of hydrogen-bond donors (Lipinski definition) is 1. The molecule has 82 valence electrons. The average molecular weight is 400 g/mol. The normalized spacial score (nSPS) is 10.1. The highest BCUT2D eigenvalue weighted by molar-refractivity contribution is 9.11. The van der Waals surface area contributed by atoms with Gasteiger partial charge in [0.15, 0.2) is 0 Å². The molecule has 0 aromatic heterocycles. The fourth-order valence-electron chi connectivity index (χ4n) is 1.06. The maximum absolute atomic E-state index is 11.7. The van der Waals surface area contributed by atoms with Crippen LogP contribution in [0, 0.1) is 0 Å². The number of alkyl halides is 1. The quantitative estimate of drug-likeness (QED) is 0.606. The fourth-order valence-corrected chi connectivity index (χ4v) is 2.63. The van der Waals surface area contributed by atoms with Gasteiger partial charge in [0.25, 0.3) is 5.91 Å². The molecule has 15 heavy (non-hydrogen) atoms. The standard InChI is InChI=1S/C10H10Br3NO/c11-2-1-3-14-10(15)7-4-8(12)6-9(13)5-7/h4-6H,1-3H2,(H,14,15). The van der Waals surface area contributed by atoms with Crippen molar-refractivity contribution < 1.29 is 4.79 Å². The number of nitrogens with one attached hydrogen (secondary N) is 1. The van der Waals surface area contributed by atoms with Gasteiger partial charge in [-0.25, -0.2) is 0 Å². The first-order valence-electron chi connectivity index (χ1n) is 4.43. The lowest BCUT2D eigenvalue weighted by Gasteiger charge is -2.05. The lowest BCUT2D eigenvalue weighted by molar-refractivity contribution is 0.0953. The van der Waals surface area contributed by atoms with Gasteiger partial charge in [0, 0.05) is 26.4 Å². The van der Waals surface area contributed by atoms with Gasteiger partial charge >= 0.3 is 0 Å². The highest BCUT2D eigenvalue weighted by Gasteiger charge is 2.06. The van der Waals surface area contributed by atoms with E-state index in [0.29, 0.717) is 12.1 Å². The van der Waals surface area contributed by atoms with E-state index in [1.54, 1.807) is 12.1 Å². The van der Waals surface area contributed by atoms with Crippen molar-refractivity contribution in [1.82, 2.24) is 5.32 Å². The maximum atomic E-state index is 11.7. The van der Waals surface area contributed by atoms with E-state index in [4.69, 9.17) is 0 Å². The van der Waals surface area contributed by atoms with Gasteiger partial charge in [-0.2, -0.15) is 0 Å². The summed E-state index contributed by atoms with van der Waals surface area (Å²) in [5.74, 6) is -0.0436. The van der Waals surface area contributed by atoms with E-state index in [2.05, 4.69) is 53.1 Å². The Balaban J connectivity index is 2.65. The van der Waals surface area contributed by atoms with Crippen LogP contribution in [0.4, 0.5) is 0 Å². The lowest BCUT2D eigenvalue weighted by Crippen LogP contribution is -2.24. The number of halogens is 3. The molecule has 1 aromatic rings. The van der Waals surface area contributed by atoms with Crippen molar-refractivity contribution in [2.45, 2.75) is 6.42 Å². The SMILES string of the molecule is O=C(NCCCBr)c1cc(Br)cc(Br)c1. The summed E-state index contributed by atoms with van der Waals surface area (Å²) in [6.07, 6.45) is 0.931. The van der Waals surface area contributed by atoms with Crippen LogP contribution in [-0.2, 0) is 0 Å². The molecule has 0 fully saturated rings. The molecule has 0 aliphatic heterocycles. The summed E-state index contributed by atoms with van der Waals surface area (Å²) in [4.78, 5) is 11.7. The molecule has 0 atom stereocenters. The Hall–Kier alpha value is 0.130. The monoisotopic (exact) mass is 397 g/mol. The second-order valence-electron chi connectivity index (χ2n) is 2.96. The van der Waals surface area contributed by atoms with Gasteiger partial charge in [-0.05, 0) is 24.6 Å². The molecule has 0 aliphatic carbocycles. The zero-order valence-electron chi connectivity index (χ0n) is 7.90. The van der Waals surface area contributed by atoms with E-state index < -0.39 is 0 Å². The van der Waals surface area contributed by atoms with E-state index in [1.165, 1.54) is 0 Å². The van der Waals surface area contributed by atoms with Crippen molar-refractivity contribution >= 4 is 53.7 Å². The summed E-state index contributed by atoms with van der Waals surface area (Å²) in [7, 11) is 0. The first kappa shape index (κ1) is 13.2. The number of benzene rings is 1. The Morgan fingerprint density at radius 3 is 2.33 bits per heavy atom. The largest absolute Gasteiger partial charge is 0.352 e. The number of rotatable bonds is 4. The highest BCUT2D eigenvalue weighted by Crippen LogP contribution is 2.19. The molecule has 0 aliphatic rings. The molecule has 1 N–H and O–H groups in total. The van der Waals surface area contributed by atoms with Crippen LogP contribution >= 0.6 is 47.8 Å². The van der Waals surface area contributed by atoms with Crippen molar-refractivity contribution in [2.75, 3.05) is 11.9 Å². The molecule has 0 unspecified atom stereocenters. The van der Waals surface area contributed by atoms with E-state index in [-0.39, 0.29) is 5.91 Å². The second kappa shape index (κ2) is 6.66. The lowest BCUT2D eigenvalue weighted by atomic mass is 10.2. The summed E-state index contributed by atoms with van der Waals surface area (Å²) in [5, 5.41) is 3.74. The maximum Gasteiger partial charge on any atom is 0.251 e. The Morgan fingerprint density at radius 1 is 1.20 bits per heavy atom. The summed E-state index contributed by atoms with van der Waals surface area (Å²) < 4.78 is 1.78. The smallest absolute Gasteiger partial charge is 0.251 e. The zero-order valence-corrected chi connectivity index (χ0v) is 12.7. The Labute approximate surface area is 114 Å². The van der Waals surface area contributed by atoms with E-state index >= 15 is 0 Å². The van der Waals surface area contributed by atoms with E-state index in [1.807, 2.05) is 6.07 Å². The molecule has 1 aromatic carbocycles. The van der Waals surface area contributed by atoms with Crippen LogP contribution in [0.3, 0.4) is 0 Å². The third-order valence-electron chi connectivity index (χ3n) is 1.72. The van der Waals surface area contributed by atoms with Crippen LogP contribution in [-0.4, -0.2) is 17.8 Å². The average Bonchev–Trinajstić information content (AvgIpc) is 2.16. The molecule has 0 spiro atoms. The van der Waals surface area contributed by atoms with Crippen LogP contribution in [0.2, 0.25) is 0 Å². The summed E-state index contributed by atoms with van der Waals surface area (Å²) in [6, 6.07) is 5.50. The highest BCUT2D eigenvalue weighted by atomic mass is 79.9. The molecule has 0 radical (unpaired) electrons. The van der Waals surface area contributed by atoms with Crippen LogP contribution in [0.15, 0.2) is 27.1 Å². The Kier molecular flexibility index (Phi) is 5.86. The molecule has 0 saturated carbocycles. The van der Waals surface area contributed by atoms with Crippen molar-refractivity contribution in [3.05, 3.63) is 32.7 Å². The van der Waals surface area contributed by atoms with Crippen LogP contribution < -0.4 is 5.32 Å². The minimum absolute atomic E-state index is 0.0436. The van der Waals surface area contributed by atoms with Crippen LogP contribution in [0.1, 0.15) is 16.8 Å². The topological polar surface area (TPSA) is 29.1 Å². The van der Waals surface area contributed by atoms with Crippen molar-refractivity contribution in [3.8, 4) is 0 Å². The van der Waals surface area contributed by atoms with Crippen molar-refractivity contribution in [3.63, 3.8) is 0 Å². The summed E-state index contributed by atoms with van der Waals surface area (Å²) >= 11 is 10.0. The summed E-state index contributed by atoms with van der Waals surface area (Å²) in [6.45, 7) is 0.689. The molecule has 2 nitrogen and oxygen atoms in total. The first-order chi connectivity index (χ1) is 7.13. The van der Waals surface area contributed by atoms with Gasteiger partial charge < -0.3 is 5.32 Å². The number of amides is 1. The number of carbonyl (C=O) groups is 1.